The van der Waals surface area contributed by atoms with E-state index in [2.05, 4.69) is 4.83 Å². The average molecular weight is 456 g/mol. The second-order valence-corrected chi connectivity index (χ2v) is 9.58. The number of amides is 2. The number of rotatable bonds is 3. The molecule has 164 valence electrons. The van der Waals surface area contributed by atoms with Crippen LogP contribution in [0.25, 0.3) is 0 Å². The first-order chi connectivity index (χ1) is 14.4. The summed E-state index contributed by atoms with van der Waals surface area (Å²) in [6.07, 6.45) is -4.80. The van der Waals surface area contributed by atoms with Gasteiger partial charge in [-0.25, -0.2) is 14.9 Å². The fourth-order valence-electron chi connectivity index (χ4n) is 3.09. The van der Waals surface area contributed by atoms with Crippen LogP contribution in [0.1, 0.15) is 35.3 Å². The van der Waals surface area contributed by atoms with Crippen LogP contribution in [0.2, 0.25) is 0 Å². The molecule has 0 aliphatic carbocycles. The Morgan fingerprint density at radius 3 is 2.48 bits per heavy atom. The maximum atomic E-state index is 14.3. The highest BCUT2D eigenvalue weighted by atomic mass is 32.2. The third-order valence-electron chi connectivity index (χ3n) is 4.73. The maximum absolute atomic E-state index is 14.3. The highest BCUT2D eigenvalue weighted by Crippen LogP contribution is 2.51. The molecule has 0 spiro atoms. The standard InChI is InChI=1S/C19H16F4N4O3S/c1-18(2)17(29)27(11-4-3-10(9-24)14(7-11)19(21,22)23)26-31(18)12-5-6-13(15(20)8-12)16(28)25-30/h3-8,26,30-31H,1-2H3,(H,25,28). The van der Waals surface area contributed by atoms with E-state index in [1.54, 1.807) is 13.8 Å². The summed E-state index contributed by atoms with van der Waals surface area (Å²) in [5.41, 5.74) is -0.968. The van der Waals surface area contributed by atoms with Gasteiger partial charge >= 0.3 is 6.18 Å². The molecule has 2 amide bonds. The number of hydrogen-bond donors (Lipinski definition) is 4. The summed E-state index contributed by atoms with van der Waals surface area (Å²) in [4.78, 5) is 27.6. The van der Waals surface area contributed by atoms with E-state index in [4.69, 9.17) is 10.5 Å². The molecule has 2 aromatic carbocycles. The van der Waals surface area contributed by atoms with Gasteiger partial charge in [-0.1, -0.05) is 0 Å². The summed E-state index contributed by atoms with van der Waals surface area (Å²) >= 11 is -1.64. The number of hydrogen-bond acceptors (Lipinski definition) is 5. The molecule has 0 radical (unpaired) electrons. The van der Waals surface area contributed by atoms with Gasteiger partial charge in [0, 0.05) is 4.90 Å². The number of hydroxylamine groups is 1. The molecular formula is C19H16F4N4O3S. The van der Waals surface area contributed by atoms with Crippen molar-refractivity contribution >= 4 is 28.6 Å². The molecule has 7 nitrogen and oxygen atoms in total. The number of carbonyl (C=O) groups excluding carboxylic acids is 2. The first-order valence-corrected chi connectivity index (χ1v) is 10.0. The summed E-state index contributed by atoms with van der Waals surface area (Å²) in [5, 5.41) is 18.6. The number of nitrogens with zero attached hydrogens (tertiary/aromatic N) is 2. The molecule has 3 N–H and O–H groups in total. The molecule has 12 heteroatoms. The summed E-state index contributed by atoms with van der Waals surface area (Å²) in [5.74, 6) is -2.53. The van der Waals surface area contributed by atoms with E-state index in [9.17, 15) is 27.2 Å². The number of hydrazine groups is 1. The van der Waals surface area contributed by atoms with Gasteiger partial charge in [0.1, 0.15) is 5.82 Å². The van der Waals surface area contributed by atoms with Crippen molar-refractivity contribution < 1.29 is 32.4 Å². The Balaban J connectivity index is 2.01. The number of benzene rings is 2. The van der Waals surface area contributed by atoms with Gasteiger partial charge in [-0.3, -0.25) is 14.8 Å². The molecule has 1 saturated heterocycles. The number of nitrogens with one attached hydrogen (secondary N) is 2. The van der Waals surface area contributed by atoms with Crippen LogP contribution in [-0.2, 0) is 11.0 Å². The molecule has 1 heterocycles. The zero-order valence-corrected chi connectivity index (χ0v) is 17.0. The van der Waals surface area contributed by atoms with Crippen LogP contribution in [0, 0.1) is 17.1 Å². The molecule has 1 atom stereocenters. The second-order valence-electron chi connectivity index (χ2n) is 7.08. The zero-order valence-electron chi connectivity index (χ0n) is 16.1. The Bertz CT molecular complexity index is 1110. The minimum atomic E-state index is -4.80. The van der Waals surface area contributed by atoms with Gasteiger partial charge in [-0.05, 0) is 50.2 Å². The molecule has 1 aliphatic heterocycles. The fraction of sp³-hybridized carbons (Fsp3) is 0.211. The van der Waals surface area contributed by atoms with E-state index in [0.717, 1.165) is 23.2 Å². The van der Waals surface area contributed by atoms with Crippen LogP contribution in [0.5, 0.6) is 0 Å². The normalized spacial score (nSPS) is 19.2. The van der Waals surface area contributed by atoms with Crippen LogP contribution in [0.4, 0.5) is 23.2 Å². The minimum absolute atomic E-state index is 0.119. The quantitative estimate of drug-likeness (QED) is 0.245. The Labute approximate surface area is 176 Å². The SMILES string of the molecule is CC1(C)C(=O)N(c2ccc(C#N)c(C(F)(F)F)c2)N[SH]1c1ccc(C(=O)NO)c(F)c1. The van der Waals surface area contributed by atoms with Gasteiger partial charge in [-0.2, -0.15) is 23.3 Å². The molecule has 1 unspecified atom stereocenters. The third-order valence-corrected chi connectivity index (χ3v) is 7.23. The second kappa shape index (κ2) is 7.84. The summed E-state index contributed by atoms with van der Waals surface area (Å²) in [7, 11) is 0. The molecule has 0 bridgehead atoms. The molecule has 0 saturated carbocycles. The van der Waals surface area contributed by atoms with Crippen molar-refractivity contribution in [3.63, 3.8) is 0 Å². The van der Waals surface area contributed by atoms with Crippen molar-refractivity contribution in [2.24, 2.45) is 0 Å². The van der Waals surface area contributed by atoms with Crippen LogP contribution < -0.4 is 15.3 Å². The molecule has 31 heavy (non-hydrogen) atoms. The number of anilines is 1. The summed E-state index contributed by atoms with van der Waals surface area (Å²) in [6.45, 7) is 3.13. The summed E-state index contributed by atoms with van der Waals surface area (Å²) < 4.78 is 53.1. The lowest BCUT2D eigenvalue weighted by Gasteiger charge is -2.27. The van der Waals surface area contributed by atoms with Gasteiger partial charge in [-0.15, -0.1) is 11.1 Å². The van der Waals surface area contributed by atoms with Crippen molar-refractivity contribution in [2.45, 2.75) is 29.7 Å². The van der Waals surface area contributed by atoms with Crippen LogP contribution in [-0.4, -0.2) is 21.8 Å². The molecule has 0 aromatic heterocycles. The predicted molar refractivity (Wildman–Crippen MR) is 104 cm³/mol. The van der Waals surface area contributed by atoms with Crippen molar-refractivity contribution in [1.82, 2.24) is 10.3 Å². The highest BCUT2D eigenvalue weighted by molar-refractivity contribution is 8.17. The molecule has 1 fully saturated rings. The van der Waals surface area contributed by atoms with Crippen LogP contribution in [0.15, 0.2) is 41.3 Å². The average Bonchev–Trinajstić information content (AvgIpc) is 2.95. The van der Waals surface area contributed by atoms with E-state index in [1.807, 2.05) is 0 Å². The number of carbonyl (C=O) groups is 2. The van der Waals surface area contributed by atoms with Gasteiger partial charge < -0.3 is 0 Å². The number of halogens is 4. The lowest BCUT2D eigenvalue weighted by Crippen LogP contribution is -2.38. The number of alkyl halides is 3. The van der Waals surface area contributed by atoms with E-state index in [-0.39, 0.29) is 5.69 Å². The lowest BCUT2D eigenvalue weighted by molar-refractivity contribution is -0.137. The van der Waals surface area contributed by atoms with Gasteiger partial charge in [0.15, 0.2) is 0 Å². The Hall–Kier alpha value is -3.14. The topological polar surface area (TPSA) is 105 Å². The zero-order chi connectivity index (χ0) is 23.1. The maximum Gasteiger partial charge on any atom is 0.417 e. The first-order valence-electron chi connectivity index (χ1n) is 8.68. The van der Waals surface area contributed by atoms with Crippen molar-refractivity contribution in [3.8, 4) is 6.07 Å². The Kier molecular flexibility index (Phi) is 5.70. The number of nitriles is 1. The highest BCUT2D eigenvalue weighted by Gasteiger charge is 2.47. The predicted octanol–water partition coefficient (Wildman–Crippen LogP) is 3.44. The lowest BCUT2D eigenvalue weighted by atomic mass is 10.1. The number of thiol groups is 1. The molecule has 1 aliphatic rings. The Morgan fingerprint density at radius 1 is 1.26 bits per heavy atom. The third kappa shape index (κ3) is 3.95. The van der Waals surface area contributed by atoms with Gasteiger partial charge in [0.2, 0.25) is 0 Å². The van der Waals surface area contributed by atoms with Gasteiger partial charge in [0.25, 0.3) is 11.8 Å². The molecular weight excluding hydrogens is 440 g/mol. The van der Waals surface area contributed by atoms with Crippen LogP contribution >= 0.6 is 11.1 Å². The van der Waals surface area contributed by atoms with Crippen LogP contribution in [0.3, 0.4) is 0 Å². The monoisotopic (exact) mass is 456 g/mol. The molecule has 3 rings (SSSR count). The fourth-order valence-corrected chi connectivity index (χ4v) is 5.26. The smallest absolute Gasteiger partial charge is 0.288 e. The Morgan fingerprint density at radius 2 is 1.94 bits per heavy atom. The first kappa shape index (κ1) is 22.5. The minimum Gasteiger partial charge on any atom is -0.288 e. The van der Waals surface area contributed by atoms with E-state index < -0.39 is 56.3 Å². The van der Waals surface area contributed by atoms with Crippen molar-refractivity contribution in [1.29, 1.82) is 5.26 Å². The van der Waals surface area contributed by atoms with Gasteiger partial charge in [0.05, 0.1) is 33.2 Å². The summed E-state index contributed by atoms with van der Waals surface area (Å²) in [6, 6.07) is 7.92. The largest absolute Gasteiger partial charge is 0.417 e. The van der Waals surface area contributed by atoms with Crippen molar-refractivity contribution in [3.05, 3.63) is 58.9 Å². The van der Waals surface area contributed by atoms with Crippen molar-refractivity contribution in [2.75, 3.05) is 5.01 Å². The molecule has 2 aromatic rings. The van der Waals surface area contributed by atoms with E-state index in [0.29, 0.717) is 11.0 Å². The van der Waals surface area contributed by atoms with E-state index in [1.165, 1.54) is 23.7 Å². The van der Waals surface area contributed by atoms with E-state index >= 15 is 0 Å².